The van der Waals surface area contributed by atoms with E-state index in [1.807, 2.05) is 18.2 Å². The number of halogens is 3. The smallest absolute Gasteiger partial charge is 0.225 e. The Balaban J connectivity index is 0.000000161. The summed E-state index contributed by atoms with van der Waals surface area (Å²) in [4.78, 5) is 33.8. The second-order valence-electron chi connectivity index (χ2n) is 12.2. The molecule has 0 bridgehead atoms. The van der Waals surface area contributed by atoms with E-state index in [1.165, 1.54) is 12.8 Å². The number of likely N-dealkylation sites (tertiary alicyclic amines) is 1. The van der Waals surface area contributed by atoms with E-state index in [0.29, 0.717) is 31.8 Å². The number of nitrogens with zero attached hydrogens (tertiary/aromatic N) is 9. The fourth-order valence-electron chi connectivity index (χ4n) is 6.63. The molecular weight excluding hydrogens is 709 g/mol. The molecule has 4 fully saturated rings. The Kier molecular flexibility index (Phi) is 10.8. The molecular formula is C32H38BrCl2N9O3. The van der Waals surface area contributed by atoms with Gasteiger partial charge >= 0.3 is 0 Å². The summed E-state index contributed by atoms with van der Waals surface area (Å²) in [5, 5.41) is 1.22. The second kappa shape index (κ2) is 15.4. The summed E-state index contributed by atoms with van der Waals surface area (Å²) in [6.07, 6.45) is 2.43. The van der Waals surface area contributed by atoms with Gasteiger partial charge in [-0.15, -0.1) is 0 Å². The molecule has 47 heavy (non-hydrogen) atoms. The van der Waals surface area contributed by atoms with Crippen LogP contribution in [-0.4, -0.2) is 114 Å². The van der Waals surface area contributed by atoms with Crippen molar-refractivity contribution >= 4 is 72.8 Å². The zero-order valence-electron chi connectivity index (χ0n) is 26.2. The maximum Gasteiger partial charge on any atom is 0.225 e. The Morgan fingerprint density at radius 2 is 1.11 bits per heavy atom. The van der Waals surface area contributed by atoms with E-state index in [1.54, 1.807) is 0 Å². The monoisotopic (exact) mass is 745 g/mol. The van der Waals surface area contributed by atoms with Gasteiger partial charge in [-0.2, -0.15) is 9.97 Å². The third-order valence-corrected chi connectivity index (χ3v) is 10.1. The molecule has 0 aromatic carbocycles. The summed E-state index contributed by atoms with van der Waals surface area (Å²) in [5.41, 5.74) is 5.22. The molecule has 0 aliphatic carbocycles. The van der Waals surface area contributed by atoms with Gasteiger partial charge in [0.05, 0.1) is 48.8 Å². The highest BCUT2D eigenvalue weighted by Crippen LogP contribution is 2.32. The highest BCUT2D eigenvalue weighted by atomic mass is 79.9. The zero-order chi connectivity index (χ0) is 32.2. The van der Waals surface area contributed by atoms with E-state index < -0.39 is 0 Å². The van der Waals surface area contributed by atoms with Gasteiger partial charge in [0.25, 0.3) is 0 Å². The fourth-order valence-corrected chi connectivity index (χ4v) is 7.29. The first-order chi connectivity index (χ1) is 23.0. The van der Waals surface area contributed by atoms with E-state index in [9.17, 15) is 0 Å². The molecule has 0 spiro atoms. The lowest BCUT2D eigenvalue weighted by molar-refractivity contribution is -0.0108. The van der Waals surface area contributed by atoms with E-state index in [0.717, 1.165) is 116 Å². The molecule has 12 nitrogen and oxygen atoms in total. The molecule has 0 N–H and O–H groups in total. The molecule has 0 unspecified atom stereocenters. The van der Waals surface area contributed by atoms with Crippen LogP contribution in [0.5, 0.6) is 0 Å². The van der Waals surface area contributed by atoms with Crippen molar-refractivity contribution in [3.63, 3.8) is 0 Å². The molecule has 4 saturated heterocycles. The van der Waals surface area contributed by atoms with Gasteiger partial charge in [-0.05, 0) is 72.1 Å². The minimum Gasteiger partial charge on any atom is -0.381 e. The van der Waals surface area contributed by atoms with Gasteiger partial charge in [0.1, 0.15) is 11.0 Å². The predicted molar refractivity (Wildman–Crippen MR) is 186 cm³/mol. The SMILES string of the molecule is Clc1nc(N2CCOCC2)c2nc(CBr)ccc2n1.Clc1nc(N2CCOCC2)c2nc(CN3CC(C4CCOCC4)C3)ccc2n1. The predicted octanol–water partition coefficient (Wildman–Crippen LogP) is 4.78. The minimum absolute atomic E-state index is 0.252. The Labute approximate surface area is 292 Å². The van der Waals surface area contributed by atoms with Crippen LogP contribution in [0, 0.1) is 11.8 Å². The number of fused-ring (bicyclic) bond motifs is 2. The van der Waals surface area contributed by atoms with Gasteiger partial charge in [-0.1, -0.05) is 15.9 Å². The number of anilines is 2. The van der Waals surface area contributed by atoms with E-state index in [-0.39, 0.29) is 10.6 Å². The Morgan fingerprint density at radius 1 is 0.617 bits per heavy atom. The molecule has 0 amide bonds. The van der Waals surface area contributed by atoms with Gasteiger partial charge in [-0.25, -0.2) is 19.9 Å². The van der Waals surface area contributed by atoms with Crippen molar-refractivity contribution in [1.29, 1.82) is 0 Å². The second-order valence-corrected chi connectivity index (χ2v) is 13.4. The third kappa shape index (κ3) is 7.87. The van der Waals surface area contributed by atoms with E-state index in [2.05, 4.69) is 61.6 Å². The molecule has 4 aromatic heterocycles. The van der Waals surface area contributed by atoms with Gasteiger partial charge in [0, 0.05) is 64.4 Å². The summed E-state index contributed by atoms with van der Waals surface area (Å²) in [6, 6.07) is 7.95. The van der Waals surface area contributed by atoms with Crippen molar-refractivity contribution < 1.29 is 14.2 Å². The lowest BCUT2D eigenvalue weighted by Gasteiger charge is -2.44. The molecule has 0 atom stereocenters. The Morgan fingerprint density at radius 3 is 1.64 bits per heavy atom. The lowest BCUT2D eigenvalue weighted by Crippen LogP contribution is -2.50. The van der Waals surface area contributed by atoms with Crippen molar-refractivity contribution in [3.05, 3.63) is 46.2 Å². The number of hydrogen-bond donors (Lipinski definition) is 0. The van der Waals surface area contributed by atoms with Crippen molar-refractivity contribution in [2.75, 3.05) is 88.7 Å². The first-order valence-electron chi connectivity index (χ1n) is 16.2. The van der Waals surface area contributed by atoms with Crippen LogP contribution >= 0.6 is 39.1 Å². The van der Waals surface area contributed by atoms with Crippen molar-refractivity contribution in [3.8, 4) is 0 Å². The molecule has 4 aromatic rings. The number of pyridine rings is 2. The molecule has 250 valence electrons. The van der Waals surface area contributed by atoms with Crippen molar-refractivity contribution in [2.24, 2.45) is 11.8 Å². The topological polar surface area (TPSA) is 115 Å². The van der Waals surface area contributed by atoms with Gasteiger partial charge in [0.15, 0.2) is 11.6 Å². The average Bonchev–Trinajstić information content (AvgIpc) is 3.10. The summed E-state index contributed by atoms with van der Waals surface area (Å²) in [7, 11) is 0. The zero-order valence-corrected chi connectivity index (χ0v) is 29.3. The number of alkyl halides is 1. The van der Waals surface area contributed by atoms with Crippen LogP contribution < -0.4 is 9.80 Å². The maximum absolute atomic E-state index is 6.16. The van der Waals surface area contributed by atoms with Crippen LogP contribution in [0.25, 0.3) is 22.1 Å². The van der Waals surface area contributed by atoms with Crippen LogP contribution in [0.1, 0.15) is 24.2 Å². The third-order valence-electron chi connectivity index (χ3n) is 9.17. The summed E-state index contributed by atoms with van der Waals surface area (Å²) in [6.45, 7) is 11.0. The number of aromatic nitrogens is 6. The van der Waals surface area contributed by atoms with E-state index >= 15 is 0 Å². The normalized spacial score (nSPS) is 19.9. The molecule has 4 aliphatic heterocycles. The van der Waals surface area contributed by atoms with Gasteiger partial charge in [-0.3, -0.25) is 4.90 Å². The molecule has 4 aliphatic rings. The van der Waals surface area contributed by atoms with Crippen LogP contribution in [-0.2, 0) is 26.1 Å². The quantitative estimate of drug-likeness (QED) is 0.200. The van der Waals surface area contributed by atoms with Crippen LogP contribution in [0.3, 0.4) is 0 Å². The maximum atomic E-state index is 6.16. The standard InChI is InChI=1S/C20H26ClN5O2.C12H12BrClN4O/c21-20-23-17-2-1-16(13-25-11-15(12-25)14-3-7-27-8-4-14)22-18(17)19(24-20)26-5-9-28-10-6-26;13-7-8-1-2-9-10(15-8)11(17-12(14)16-9)18-3-5-19-6-4-18/h1-2,14-15H,3-13H2;1-2H,3-7H2. The van der Waals surface area contributed by atoms with Gasteiger partial charge in [0.2, 0.25) is 10.6 Å². The fraction of sp³-hybridized carbons (Fsp3) is 0.562. The molecule has 0 radical (unpaired) electrons. The first kappa shape index (κ1) is 33.0. The molecule has 8 rings (SSSR count). The molecule has 8 heterocycles. The van der Waals surface area contributed by atoms with Crippen molar-refractivity contribution in [1.82, 2.24) is 34.8 Å². The van der Waals surface area contributed by atoms with Crippen LogP contribution in [0.15, 0.2) is 24.3 Å². The first-order valence-corrected chi connectivity index (χ1v) is 18.1. The average molecular weight is 748 g/mol. The minimum atomic E-state index is 0.252. The van der Waals surface area contributed by atoms with Gasteiger partial charge < -0.3 is 24.0 Å². The summed E-state index contributed by atoms with van der Waals surface area (Å²) < 4.78 is 16.3. The molecule has 15 heteroatoms. The summed E-state index contributed by atoms with van der Waals surface area (Å²) in [5.74, 6) is 3.26. The largest absolute Gasteiger partial charge is 0.381 e. The van der Waals surface area contributed by atoms with Crippen LogP contribution in [0.2, 0.25) is 10.6 Å². The highest BCUT2D eigenvalue weighted by Gasteiger charge is 2.34. The van der Waals surface area contributed by atoms with E-state index in [4.69, 9.17) is 42.4 Å². The summed E-state index contributed by atoms with van der Waals surface area (Å²) >= 11 is 15.6. The number of morpholine rings is 2. The number of rotatable bonds is 6. The van der Waals surface area contributed by atoms with Crippen LogP contribution in [0.4, 0.5) is 11.6 Å². The number of ether oxygens (including phenoxy) is 3. The number of hydrogen-bond acceptors (Lipinski definition) is 12. The Bertz CT molecular complexity index is 1680. The lowest BCUT2D eigenvalue weighted by atomic mass is 9.81. The highest BCUT2D eigenvalue weighted by molar-refractivity contribution is 9.08. The Hall–Kier alpha value is -2.52. The molecule has 0 saturated carbocycles. The van der Waals surface area contributed by atoms with Crippen molar-refractivity contribution in [2.45, 2.75) is 24.7 Å².